The Morgan fingerprint density at radius 2 is 1.58 bits per heavy atom. The van der Waals surface area contributed by atoms with Gasteiger partial charge in [0.05, 0.1) is 48.6 Å². The van der Waals surface area contributed by atoms with E-state index in [9.17, 15) is 29.1 Å². The van der Waals surface area contributed by atoms with Gasteiger partial charge in [0, 0.05) is 60.5 Å². The lowest BCUT2D eigenvalue weighted by Gasteiger charge is -2.41. The number of rotatable bonds is 22. The van der Waals surface area contributed by atoms with Crippen LogP contribution in [0.25, 0.3) is 0 Å². The van der Waals surface area contributed by atoms with Gasteiger partial charge in [-0.3, -0.25) is 28.9 Å². The van der Waals surface area contributed by atoms with Gasteiger partial charge < -0.3 is 40.3 Å². The minimum absolute atomic E-state index is 0.00748. The maximum absolute atomic E-state index is 14.4. The normalized spacial score (nSPS) is 20.6. The molecule has 0 saturated carbocycles. The molecule has 0 aromatic heterocycles. The highest BCUT2D eigenvalue weighted by atomic mass is 16.5. The van der Waals surface area contributed by atoms with Crippen LogP contribution in [0.5, 0.6) is 0 Å². The van der Waals surface area contributed by atoms with Crippen molar-refractivity contribution in [3.63, 3.8) is 0 Å². The number of carboxylic acid groups (broad SMARTS) is 1. The summed E-state index contributed by atoms with van der Waals surface area (Å²) in [6, 6.07) is 7.32. The average molecular weight is 801 g/mol. The van der Waals surface area contributed by atoms with E-state index in [2.05, 4.69) is 20.9 Å². The number of carbonyl (C=O) groups excluding carboxylic acids is 4. The first-order valence-corrected chi connectivity index (χ1v) is 21.0. The molecule has 57 heavy (non-hydrogen) atoms. The molecule has 1 aromatic carbocycles. The topological polar surface area (TPSA) is 170 Å². The van der Waals surface area contributed by atoms with Crippen LogP contribution in [0.3, 0.4) is 0 Å². The standard InChI is InChI=1S/C43H72N6O8/c1-11-29(6)38(47(8)42(53)36(27(2)3)46-41(52)37(28(4)5)48-22-19-44-20-23-48)34(56-9)25-35(50)49-21-15-18-33(49)39(57-10)30(7)40(51)45-26-32(43(54)55)24-31-16-13-12-14-17-31/h12-14,16-17,27-30,32-34,36-39,44H,11,15,18-26H2,1-10H3,(H,45,51)(H,46,52)(H,54,55)/t29-,30+,32?,33-,34?,36-,37-,38-,39+/m0/s1. The summed E-state index contributed by atoms with van der Waals surface area (Å²) in [4.78, 5) is 73.6. The number of nitrogens with zero attached hydrogens (tertiary/aromatic N) is 3. The molecule has 4 N–H and O–H groups in total. The van der Waals surface area contributed by atoms with Crippen molar-refractivity contribution in [1.82, 2.24) is 30.7 Å². The molecule has 4 amide bonds. The summed E-state index contributed by atoms with van der Waals surface area (Å²) in [5.41, 5.74) is 0.871. The average Bonchev–Trinajstić information content (AvgIpc) is 3.68. The predicted octanol–water partition coefficient (Wildman–Crippen LogP) is 3.04. The van der Waals surface area contributed by atoms with E-state index in [0.29, 0.717) is 13.0 Å². The maximum Gasteiger partial charge on any atom is 0.308 e. The molecule has 0 spiro atoms. The summed E-state index contributed by atoms with van der Waals surface area (Å²) >= 11 is 0. The first-order chi connectivity index (χ1) is 27.1. The SMILES string of the molecule is CC[C@H](C)[C@@H](C(CC(=O)N1CCC[C@H]1[C@H](OC)[C@@H](C)C(=O)NCC(Cc1ccccc1)C(=O)O)OC)N(C)C(=O)[C@@H](NC(=O)[C@H](C(C)C)N1CCNCC1)C(C)C. The molecule has 1 aromatic rings. The Labute approximate surface area is 341 Å². The second-order valence-electron chi connectivity index (χ2n) is 16.8. The molecule has 2 saturated heterocycles. The maximum atomic E-state index is 14.4. The molecule has 14 heteroatoms. The highest BCUT2D eigenvalue weighted by molar-refractivity contribution is 5.90. The van der Waals surface area contributed by atoms with E-state index >= 15 is 0 Å². The van der Waals surface area contributed by atoms with Crippen LogP contribution in [0, 0.1) is 29.6 Å². The number of carboxylic acids is 1. The Hall–Kier alpha value is -3.59. The van der Waals surface area contributed by atoms with Gasteiger partial charge in [-0.2, -0.15) is 0 Å². The van der Waals surface area contributed by atoms with Crippen LogP contribution in [0.15, 0.2) is 30.3 Å². The van der Waals surface area contributed by atoms with Gasteiger partial charge in [0.15, 0.2) is 0 Å². The lowest BCUT2D eigenvalue weighted by molar-refractivity contribution is -0.148. The molecule has 2 aliphatic heterocycles. The number of nitrogens with one attached hydrogen (secondary N) is 3. The molecular weight excluding hydrogens is 729 g/mol. The van der Waals surface area contributed by atoms with Crippen LogP contribution in [0.4, 0.5) is 0 Å². The number of methoxy groups -OCH3 is 2. The van der Waals surface area contributed by atoms with E-state index in [-0.39, 0.29) is 72.9 Å². The van der Waals surface area contributed by atoms with E-state index in [4.69, 9.17) is 9.47 Å². The number of aliphatic carboxylic acids is 1. The number of carbonyl (C=O) groups is 5. The second-order valence-corrected chi connectivity index (χ2v) is 16.8. The lowest BCUT2D eigenvalue weighted by atomic mass is 9.89. The zero-order valence-electron chi connectivity index (χ0n) is 36.2. The van der Waals surface area contributed by atoms with E-state index < -0.39 is 42.1 Å². The van der Waals surface area contributed by atoms with Gasteiger partial charge >= 0.3 is 5.97 Å². The third-order valence-electron chi connectivity index (χ3n) is 12.1. The van der Waals surface area contributed by atoms with Gasteiger partial charge in [-0.05, 0) is 42.6 Å². The van der Waals surface area contributed by atoms with Crippen LogP contribution in [0.1, 0.15) is 79.7 Å². The number of benzene rings is 1. The molecule has 3 rings (SSSR count). The fourth-order valence-electron chi connectivity index (χ4n) is 8.66. The summed E-state index contributed by atoms with van der Waals surface area (Å²) in [6.45, 7) is 17.3. The zero-order valence-corrected chi connectivity index (χ0v) is 36.2. The number of amides is 4. The number of ether oxygens (including phenoxy) is 2. The van der Waals surface area contributed by atoms with E-state index in [1.807, 2.05) is 71.9 Å². The first kappa shape index (κ1) is 47.8. The molecule has 0 radical (unpaired) electrons. The van der Waals surface area contributed by atoms with Crippen molar-refractivity contribution in [3.05, 3.63) is 35.9 Å². The number of likely N-dealkylation sites (tertiary alicyclic amines) is 1. The van der Waals surface area contributed by atoms with Crippen molar-refractivity contribution in [3.8, 4) is 0 Å². The van der Waals surface area contributed by atoms with Gasteiger partial charge in [0.25, 0.3) is 0 Å². The van der Waals surface area contributed by atoms with Gasteiger partial charge in [-0.25, -0.2) is 0 Å². The van der Waals surface area contributed by atoms with Crippen molar-refractivity contribution >= 4 is 29.6 Å². The highest BCUT2D eigenvalue weighted by Crippen LogP contribution is 2.30. The Morgan fingerprint density at radius 1 is 0.930 bits per heavy atom. The third-order valence-corrected chi connectivity index (χ3v) is 12.1. The Balaban J connectivity index is 1.74. The van der Waals surface area contributed by atoms with Crippen molar-refractivity contribution in [1.29, 1.82) is 0 Å². The van der Waals surface area contributed by atoms with E-state index in [0.717, 1.165) is 44.6 Å². The molecule has 2 unspecified atom stereocenters. The highest BCUT2D eigenvalue weighted by Gasteiger charge is 2.43. The molecule has 2 fully saturated rings. The number of likely N-dealkylation sites (N-methyl/N-ethyl adjacent to an activating group) is 1. The fraction of sp³-hybridized carbons (Fsp3) is 0.744. The Morgan fingerprint density at radius 3 is 2.12 bits per heavy atom. The summed E-state index contributed by atoms with van der Waals surface area (Å²) < 4.78 is 12.0. The predicted molar refractivity (Wildman–Crippen MR) is 220 cm³/mol. The van der Waals surface area contributed by atoms with E-state index in [1.54, 1.807) is 30.9 Å². The third kappa shape index (κ3) is 13.0. The molecule has 0 bridgehead atoms. The summed E-state index contributed by atoms with van der Waals surface area (Å²) in [5.74, 6) is -3.51. The summed E-state index contributed by atoms with van der Waals surface area (Å²) in [7, 11) is 4.82. The van der Waals surface area contributed by atoms with Crippen LogP contribution in [-0.2, 0) is 39.9 Å². The smallest absolute Gasteiger partial charge is 0.308 e. The van der Waals surface area contributed by atoms with Gasteiger partial charge in [0.1, 0.15) is 6.04 Å². The molecule has 9 atom stereocenters. The monoisotopic (exact) mass is 801 g/mol. The van der Waals surface area contributed by atoms with E-state index in [1.165, 1.54) is 7.11 Å². The van der Waals surface area contributed by atoms with Crippen LogP contribution in [0.2, 0.25) is 0 Å². The number of piperazine rings is 1. The van der Waals surface area contributed by atoms with Gasteiger partial charge in [-0.1, -0.05) is 85.2 Å². The molecule has 2 aliphatic rings. The lowest BCUT2D eigenvalue weighted by Crippen LogP contribution is -2.61. The molecular formula is C43H72N6O8. The van der Waals surface area contributed by atoms with Crippen LogP contribution >= 0.6 is 0 Å². The van der Waals surface area contributed by atoms with Crippen molar-refractivity contribution in [2.75, 3.05) is 60.5 Å². The molecule has 2 heterocycles. The van der Waals surface area contributed by atoms with Crippen LogP contribution in [-0.4, -0.2) is 146 Å². The number of hydrogen-bond donors (Lipinski definition) is 4. The molecule has 14 nitrogen and oxygen atoms in total. The van der Waals surface area contributed by atoms with Crippen molar-refractivity contribution < 1.29 is 38.6 Å². The zero-order chi connectivity index (χ0) is 42.4. The van der Waals surface area contributed by atoms with Gasteiger partial charge in [-0.15, -0.1) is 0 Å². The quantitative estimate of drug-likeness (QED) is 0.137. The van der Waals surface area contributed by atoms with Gasteiger partial charge in [0.2, 0.25) is 23.6 Å². The minimum atomic E-state index is -0.992. The second kappa shape index (κ2) is 23.1. The van der Waals surface area contributed by atoms with Crippen molar-refractivity contribution in [2.24, 2.45) is 29.6 Å². The summed E-state index contributed by atoms with van der Waals surface area (Å²) in [6.07, 6.45) is 1.11. The van der Waals surface area contributed by atoms with Crippen LogP contribution < -0.4 is 16.0 Å². The molecule has 0 aliphatic carbocycles. The molecule has 322 valence electrons. The fourth-order valence-corrected chi connectivity index (χ4v) is 8.66. The largest absolute Gasteiger partial charge is 0.481 e. The Bertz CT molecular complexity index is 1440. The first-order valence-electron chi connectivity index (χ1n) is 21.0. The number of hydrogen-bond acceptors (Lipinski definition) is 9. The minimum Gasteiger partial charge on any atom is -0.481 e. The van der Waals surface area contributed by atoms with Crippen molar-refractivity contribution in [2.45, 2.75) is 117 Å². The Kier molecular flexibility index (Phi) is 19.4. The summed E-state index contributed by atoms with van der Waals surface area (Å²) in [5, 5.41) is 19.1.